The molecule has 1 aliphatic heterocycles. The Morgan fingerprint density at radius 1 is 1.40 bits per heavy atom. The molecule has 0 unspecified atom stereocenters. The Kier molecular flexibility index (Phi) is 4.70. The molecule has 1 heterocycles. The Labute approximate surface area is 128 Å². The number of hydrogen-bond donors (Lipinski definition) is 2. The van der Waals surface area contributed by atoms with Gasteiger partial charge in [-0.25, -0.2) is 0 Å². The molecule has 1 aromatic rings. The lowest BCUT2D eigenvalue weighted by Crippen LogP contribution is -2.43. The minimum absolute atomic E-state index is 0.00773. The summed E-state index contributed by atoms with van der Waals surface area (Å²) in [5.74, 6) is 0.920. The molecule has 0 atom stereocenters. The normalized spacial score (nSPS) is 13.8. The molecular weight excluding hydrogens is 320 g/mol. The molecule has 5 heteroatoms. The van der Waals surface area contributed by atoms with Crippen LogP contribution in [0.1, 0.15) is 31.9 Å². The van der Waals surface area contributed by atoms with Crippen LogP contribution in [0.5, 0.6) is 5.75 Å². The number of benzene rings is 1. The van der Waals surface area contributed by atoms with Crippen molar-refractivity contribution < 1.29 is 9.53 Å². The average molecular weight is 341 g/mol. The Balaban J connectivity index is 1.93. The van der Waals surface area contributed by atoms with Crippen molar-refractivity contribution in [3.8, 4) is 5.75 Å². The Hall–Kier alpha value is -1.07. The molecule has 2 N–H and O–H groups in total. The number of fused-ring (bicyclic) bond motifs is 1. The second-order valence-corrected chi connectivity index (χ2v) is 6.95. The highest BCUT2D eigenvalue weighted by atomic mass is 79.9. The molecule has 20 heavy (non-hydrogen) atoms. The van der Waals surface area contributed by atoms with Crippen LogP contribution in [0.4, 0.5) is 0 Å². The van der Waals surface area contributed by atoms with Crippen LogP contribution in [0.25, 0.3) is 0 Å². The minimum atomic E-state index is -0.0581. The first-order valence-electron chi connectivity index (χ1n) is 6.81. The predicted octanol–water partition coefficient (Wildman–Crippen LogP) is 2.39. The van der Waals surface area contributed by atoms with E-state index in [0.29, 0.717) is 13.1 Å². The molecule has 1 amide bonds. The van der Waals surface area contributed by atoms with E-state index in [1.54, 1.807) is 0 Å². The van der Waals surface area contributed by atoms with Gasteiger partial charge in [0, 0.05) is 28.5 Å². The third kappa shape index (κ3) is 4.21. The number of rotatable bonds is 4. The molecule has 0 aromatic heterocycles. The Bertz CT molecular complexity index is 509. The Morgan fingerprint density at radius 2 is 2.15 bits per heavy atom. The maximum absolute atomic E-state index is 11.8. The topological polar surface area (TPSA) is 50.4 Å². The molecule has 1 aromatic carbocycles. The molecule has 2 rings (SSSR count). The largest absolute Gasteiger partial charge is 0.493 e. The van der Waals surface area contributed by atoms with Gasteiger partial charge >= 0.3 is 0 Å². The molecule has 0 saturated carbocycles. The molecule has 110 valence electrons. The highest BCUT2D eigenvalue weighted by Gasteiger charge is 2.18. The van der Waals surface area contributed by atoms with Crippen LogP contribution in [0.3, 0.4) is 0 Å². The quantitative estimate of drug-likeness (QED) is 0.884. The first-order valence-corrected chi connectivity index (χ1v) is 7.60. The monoisotopic (exact) mass is 340 g/mol. The number of halogens is 1. The van der Waals surface area contributed by atoms with E-state index in [1.165, 1.54) is 5.56 Å². The van der Waals surface area contributed by atoms with Crippen molar-refractivity contribution in [1.29, 1.82) is 0 Å². The molecule has 0 aliphatic carbocycles. The maximum atomic E-state index is 11.8. The number of amides is 1. The van der Waals surface area contributed by atoms with E-state index in [1.807, 2.05) is 26.8 Å². The smallest absolute Gasteiger partial charge is 0.234 e. The lowest BCUT2D eigenvalue weighted by molar-refractivity contribution is -0.120. The number of carbonyl (C=O) groups excluding carboxylic acids is 1. The summed E-state index contributed by atoms with van der Waals surface area (Å²) in [5.41, 5.74) is 2.17. The van der Waals surface area contributed by atoms with Gasteiger partial charge in [0.15, 0.2) is 0 Å². The van der Waals surface area contributed by atoms with Crippen molar-refractivity contribution in [2.24, 2.45) is 0 Å². The van der Waals surface area contributed by atoms with Gasteiger partial charge in [-0.05, 0) is 38.5 Å². The van der Waals surface area contributed by atoms with Gasteiger partial charge in [0.2, 0.25) is 5.91 Å². The number of ether oxygens (including phenoxy) is 1. The van der Waals surface area contributed by atoms with Crippen molar-refractivity contribution in [2.75, 3.05) is 13.2 Å². The van der Waals surface area contributed by atoms with Gasteiger partial charge in [-0.1, -0.05) is 15.9 Å². The summed E-state index contributed by atoms with van der Waals surface area (Å²) in [6, 6.07) is 4.08. The molecular formula is C15H21BrN2O2. The van der Waals surface area contributed by atoms with E-state index in [4.69, 9.17) is 4.74 Å². The standard InChI is InChI=1S/C15H21BrN2O2/c1-15(2,3)18-9-13(19)17-8-11-7-12(16)6-10-4-5-20-14(10)11/h6-7,18H,4-5,8-9H2,1-3H3,(H,17,19). The van der Waals surface area contributed by atoms with Crippen molar-refractivity contribution in [3.63, 3.8) is 0 Å². The number of nitrogens with one attached hydrogen (secondary N) is 2. The zero-order chi connectivity index (χ0) is 14.8. The zero-order valence-corrected chi connectivity index (χ0v) is 13.8. The highest BCUT2D eigenvalue weighted by Crippen LogP contribution is 2.32. The van der Waals surface area contributed by atoms with Crippen molar-refractivity contribution >= 4 is 21.8 Å². The SMILES string of the molecule is CC(C)(C)NCC(=O)NCc1cc(Br)cc2c1OCC2. The van der Waals surface area contributed by atoms with E-state index in [0.717, 1.165) is 28.8 Å². The number of hydrogen-bond acceptors (Lipinski definition) is 3. The highest BCUT2D eigenvalue weighted by molar-refractivity contribution is 9.10. The van der Waals surface area contributed by atoms with Crippen LogP contribution >= 0.6 is 15.9 Å². The second-order valence-electron chi connectivity index (χ2n) is 6.03. The molecule has 0 bridgehead atoms. The van der Waals surface area contributed by atoms with E-state index >= 15 is 0 Å². The van der Waals surface area contributed by atoms with Gasteiger partial charge in [0.05, 0.1) is 13.2 Å². The summed E-state index contributed by atoms with van der Waals surface area (Å²) >= 11 is 3.50. The van der Waals surface area contributed by atoms with Gasteiger partial charge in [0.1, 0.15) is 5.75 Å². The first kappa shape index (κ1) is 15.3. The van der Waals surface area contributed by atoms with E-state index in [9.17, 15) is 4.79 Å². The summed E-state index contributed by atoms with van der Waals surface area (Å²) < 4.78 is 6.67. The van der Waals surface area contributed by atoms with Crippen LogP contribution in [-0.4, -0.2) is 24.6 Å². The van der Waals surface area contributed by atoms with Crippen LogP contribution in [-0.2, 0) is 17.8 Å². The van der Waals surface area contributed by atoms with Gasteiger partial charge < -0.3 is 15.4 Å². The fourth-order valence-corrected chi connectivity index (χ4v) is 2.63. The van der Waals surface area contributed by atoms with Crippen molar-refractivity contribution in [2.45, 2.75) is 39.3 Å². The molecule has 1 aliphatic rings. The molecule has 0 saturated heterocycles. The Morgan fingerprint density at radius 3 is 2.85 bits per heavy atom. The molecule has 0 radical (unpaired) electrons. The van der Waals surface area contributed by atoms with E-state index in [-0.39, 0.29) is 11.4 Å². The van der Waals surface area contributed by atoms with Crippen molar-refractivity contribution in [3.05, 3.63) is 27.7 Å². The number of carbonyl (C=O) groups is 1. The van der Waals surface area contributed by atoms with Crippen LogP contribution in [0, 0.1) is 0 Å². The fraction of sp³-hybridized carbons (Fsp3) is 0.533. The van der Waals surface area contributed by atoms with Crippen LogP contribution < -0.4 is 15.4 Å². The molecule has 0 spiro atoms. The zero-order valence-electron chi connectivity index (χ0n) is 12.2. The summed E-state index contributed by atoms with van der Waals surface area (Å²) in [6.07, 6.45) is 0.932. The van der Waals surface area contributed by atoms with E-state index < -0.39 is 0 Å². The summed E-state index contributed by atoms with van der Waals surface area (Å²) in [5, 5.41) is 6.10. The third-order valence-electron chi connectivity index (χ3n) is 3.08. The fourth-order valence-electron chi connectivity index (χ4n) is 2.08. The predicted molar refractivity (Wildman–Crippen MR) is 82.9 cm³/mol. The minimum Gasteiger partial charge on any atom is -0.493 e. The second kappa shape index (κ2) is 6.14. The third-order valence-corrected chi connectivity index (χ3v) is 3.54. The van der Waals surface area contributed by atoms with Crippen LogP contribution in [0.2, 0.25) is 0 Å². The summed E-state index contributed by atoms with van der Waals surface area (Å²) in [7, 11) is 0. The summed E-state index contributed by atoms with van der Waals surface area (Å²) in [6.45, 7) is 7.64. The van der Waals surface area contributed by atoms with Crippen molar-refractivity contribution in [1.82, 2.24) is 10.6 Å². The molecule has 0 fully saturated rings. The van der Waals surface area contributed by atoms with Gasteiger partial charge in [-0.3, -0.25) is 4.79 Å². The maximum Gasteiger partial charge on any atom is 0.234 e. The lowest BCUT2D eigenvalue weighted by atomic mass is 10.1. The van der Waals surface area contributed by atoms with Crippen LogP contribution in [0.15, 0.2) is 16.6 Å². The van der Waals surface area contributed by atoms with E-state index in [2.05, 4.69) is 32.6 Å². The average Bonchev–Trinajstić information content (AvgIpc) is 2.80. The molecule has 4 nitrogen and oxygen atoms in total. The van der Waals surface area contributed by atoms with Gasteiger partial charge in [-0.2, -0.15) is 0 Å². The van der Waals surface area contributed by atoms with Gasteiger partial charge in [-0.15, -0.1) is 0 Å². The first-order chi connectivity index (χ1) is 9.35. The lowest BCUT2D eigenvalue weighted by Gasteiger charge is -2.20. The van der Waals surface area contributed by atoms with Gasteiger partial charge in [0.25, 0.3) is 0 Å². The summed E-state index contributed by atoms with van der Waals surface area (Å²) in [4.78, 5) is 11.8.